The number of hydrogen-bond donors (Lipinski definition) is 3. The molecule has 0 aliphatic heterocycles. The van der Waals surface area contributed by atoms with Crippen molar-refractivity contribution in [3.05, 3.63) is 16.1 Å². The van der Waals surface area contributed by atoms with Crippen molar-refractivity contribution >= 4 is 41.3 Å². The zero-order valence-corrected chi connectivity index (χ0v) is 15.8. The summed E-state index contributed by atoms with van der Waals surface area (Å²) in [5.41, 5.74) is 1.13. The van der Waals surface area contributed by atoms with E-state index in [4.69, 9.17) is 0 Å². The lowest BCUT2D eigenvalue weighted by molar-refractivity contribution is 0.134. The number of thiazole rings is 1. The number of aliphatic imine (C=N–C) groups is 1. The van der Waals surface area contributed by atoms with Gasteiger partial charge in [-0.15, -0.1) is 35.3 Å². The second-order valence-corrected chi connectivity index (χ2v) is 6.31. The van der Waals surface area contributed by atoms with Crippen LogP contribution in [0, 0.1) is 12.8 Å². The van der Waals surface area contributed by atoms with Crippen molar-refractivity contribution in [3.8, 4) is 0 Å². The Labute approximate surface area is 147 Å². The van der Waals surface area contributed by atoms with Crippen molar-refractivity contribution in [1.29, 1.82) is 0 Å². The maximum absolute atomic E-state index is 9.79. The first-order chi connectivity index (χ1) is 9.69. The number of rotatable bonds is 5. The van der Waals surface area contributed by atoms with Gasteiger partial charge in [0.25, 0.3) is 0 Å². The molecule has 0 amide bonds. The molecule has 2 rings (SSSR count). The molecule has 1 aliphatic rings. The quantitative estimate of drug-likeness (QED) is 0.384. The standard InChI is InChI=1S/C14H24N4OS.HI/c1-10-18-12(9-20-10)6-7-16-14(15-2)17-8-11-4-3-5-13(11)19;/h9,11,13,19H,3-8H2,1-2H3,(H2,15,16,17);1H. The van der Waals surface area contributed by atoms with E-state index in [1.54, 1.807) is 18.4 Å². The van der Waals surface area contributed by atoms with Gasteiger partial charge in [0.1, 0.15) is 0 Å². The highest BCUT2D eigenvalue weighted by Gasteiger charge is 2.24. The van der Waals surface area contributed by atoms with Crippen LogP contribution in [-0.2, 0) is 6.42 Å². The summed E-state index contributed by atoms with van der Waals surface area (Å²) in [6.07, 6.45) is 3.91. The van der Waals surface area contributed by atoms with Crippen molar-refractivity contribution in [1.82, 2.24) is 15.6 Å². The Balaban J connectivity index is 0.00000220. The molecule has 1 saturated carbocycles. The average molecular weight is 424 g/mol. The van der Waals surface area contributed by atoms with Gasteiger partial charge in [-0.25, -0.2) is 4.98 Å². The second kappa shape index (κ2) is 9.58. The van der Waals surface area contributed by atoms with E-state index in [9.17, 15) is 5.11 Å². The molecule has 3 N–H and O–H groups in total. The average Bonchev–Trinajstić information content (AvgIpc) is 3.03. The molecule has 7 heteroatoms. The number of aliphatic hydroxyl groups excluding tert-OH is 1. The molecular formula is C14H25IN4OS. The molecule has 1 fully saturated rings. The zero-order chi connectivity index (χ0) is 14.4. The molecule has 0 spiro atoms. The number of aromatic nitrogens is 1. The van der Waals surface area contributed by atoms with Crippen LogP contribution in [0.25, 0.3) is 0 Å². The van der Waals surface area contributed by atoms with Crippen LogP contribution < -0.4 is 10.6 Å². The fourth-order valence-electron chi connectivity index (χ4n) is 2.54. The first-order valence-electron chi connectivity index (χ1n) is 7.22. The smallest absolute Gasteiger partial charge is 0.191 e. The van der Waals surface area contributed by atoms with Crippen LogP contribution >= 0.6 is 35.3 Å². The number of halogens is 1. The molecule has 0 bridgehead atoms. The van der Waals surface area contributed by atoms with Crippen LogP contribution in [0.4, 0.5) is 0 Å². The van der Waals surface area contributed by atoms with Gasteiger partial charge in [-0.3, -0.25) is 4.99 Å². The first-order valence-corrected chi connectivity index (χ1v) is 8.10. The Morgan fingerprint density at radius 1 is 1.48 bits per heavy atom. The normalized spacial score (nSPS) is 22.0. The van der Waals surface area contributed by atoms with Crippen molar-refractivity contribution in [2.24, 2.45) is 10.9 Å². The van der Waals surface area contributed by atoms with Crippen LogP contribution in [0.5, 0.6) is 0 Å². The second-order valence-electron chi connectivity index (χ2n) is 5.25. The van der Waals surface area contributed by atoms with Gasteiger partial charge < -0.3 is 15.7 Å². The van der Waals surface area contributed by atoms with Gasteiger partial charge in [-0.05, 0) is 19.8 Å². The molecule has 120 valence electrons. The summed E-state index contributed by atoms with van der Waals surface area (Å²) in [5.74, 6) is 1.16. The minimum atomic E-state index is -0.154. The van der Waals surface area contributed by atoms with Gasteiger partial charge in [-0.1, -0.05) is 6.42 Å². The highest BCUT2D eigenvalue weighted by molar-refractivity contribution is 14.0. The lowest BCUT2D eigenvalue weighted by Gasteiger charge is -2.17. The van der Waals surface area contributed by atoms with Crippen molar-refractivity contribution in [2.45, 2.75) is 38.7 Å². The summed E-state index contributed by atoms with van der Waals surface area (Å²) < 4.78 is 0. The van der Waals surface area contributed by atoms with Crippen LogP contribution in [0.15, 0.2) is 10.4 Å². The van der Waals surface area contributed by atoms with Gasteiger partial charge >= 0.3 is 0 Å². The number of aliphatic hydroxyl groups is 1. The van der Waals surface area contributed by atoms with Gasteiger partial charge in [0.2, 0.25) is 0 Å². The fourth-order valence-corrected chi connectivity index (χ4v) is 3.18. The van der Waals surface area contributed by atoms with Crippen molar-refractivity contribution in [2.75, 3.05) is 20.1 Å². The van der Waals surface area contributed by atoms with Gasteiger partial charge in [0.05, 0.1) is 16.8 Å². The first kappa shape index (κ1) is 18.6. The molecule has 2 atom stereocenters. The van der Waals surface area contributed by atoms with Crippen LogP contribution in [0.2, 0.25) is 0 Å². The van der Waals surface area contributed by atoms with E-state index in [1.807, 2.05) is 6.92 Å². The SMILES string of the molecule is CN=C(NCCc1csc(C)n1)NCC1CCCC1O.I. The minimum absolute atomic E-state index is 0. The molecule has 0 saturated heterocycles. The zero-order valence-electron chi connectivity index (χ0n) is 12.6. The molecule has 21 heavy (non-hydrogen) atoms. The Morgan fingerprint density at radius 2 is 2.29 bits per heavy atom. The predicted molar refractivity (Wildman–Crippen MR) is 98.7 cm³/mol. The summed E-state index contributed by atoms with van der Waals surface area (Å²) in [6, 6.07) is 0. The third-order valence-corrected chi connectivity index (χ3v) is 4.54. The highest BCUT2D eigenvalue weighted by Crippen LogP contribution is 2.24. The number of guanidine groups is 1. The molecule has 1 aromatic rings. The topological polar surface area (TPSA) is 69.5 Å². The minimum Gasteiger partial charge on any atom is -0.393 e. The van der Waals surface area contributed by atoms with E-state index >= 15 is 0 Å². The molecule has 1 aromatic heterocycles. The summed E-state index contributed by atoms with van der Waals surface area (Å²) in [5, 5.41) is 19.6. The van der Waals surface area contributed by atoms with E-state index in [1.165, 1.54) is 0 Å². The number of aryl methyl sites for hydroxylation is 1. The van der Waals surface area contributed by atoms with Crippen molar-refractivity contribution in [3.63, 3.8) is 0 Å². The summed E-state index contributed by atoms with van der Waals surface area (Å²) in [4.78, 5) is 8.64. The summed E-state index contributed by atoms with van der Waals surface area (Å²) in [7, 11) is 1.77. The molecule has 2 unspecified atom stereocenters. The molecule has 0 radical (unpaired) electrons. The van der Waals surface area contributed by atoms with Gasteiger partial charge in [-0.2, -0.15) is 0 Å². The molecule has 0 aromatic carbocycles. The molecule has 1 heterocycles. The van der Waals surface area contributed by atoms with E-state index in [2.05, 4.69) is 26.0 Å². The van der Waals surface area contributed by atoms with Crippen LogP contribution in [-0.4, -0.2) is 42.3 Å². The maximum atomic E-state index is 9.79. The number of nitrogens with zero attached hydrogens (tertiary/aromatic N) is 2. The summed E-state index contributed by atoms with van der Waals surface area (Å²) in [6.45, 7) is 3.63. The van der Waals surface area contributed by atoms with E-state index in [0.717, 1.165) is 55.4 Å². The Morgan fingerprint density at radius 3 is 2.86 bits per heavy atom. The van der Waals surface area contributed by atoms with E-state index in [-0.39, 0.29) is 30.1 Å². The van der Waals surface area contributed by atoms with Crippen LogP contribution in [0.3, 0.4) is 0 Å². The fraction of sp³-hybridized carbons (Fsp3) is 0.714. The Hall–Kier alpha value is -0.410. The molecular weight excluding hydrogens is 399 g/mol. The monoisotopic (exact) mass is 424 g/mol. The Bertz CT molecular complexity index is 452. The third-order valence-electron chi connectivity index (χ3n) is 3.71. The largest absolute Gasteiger partial charge is 0.393 e. The maximum Gasteiger partial charge on any atom is 0.191 e. The predicted octanol–water partition coefficient (Wildman–Crippen LogP) is 1.94. The molecule has 5 nitrogen and oxygen atoms in total. The van der Waals surface area contributed by atoms with Gasteiger partial charge in [0, 0.05) is 37.9 Å². The van der Waals surface area contributed by atoms with Gasteiger partial charge in [0.15, 0.2) is 5.96 Å². The number of hydrogen-bond acceptors (Lipinski definition) is 4. The van der Waals surface area contributed by atoms with E-state index < -0.39 is 0 Å². The lowest BCUT2D eigenvalue weighted by Crippen LogP contribution is -2.41. The third kappa shape index (κ3) is 6.07. The van der Waals surface area contributed by atoms with Crippen molar-refractivity contribution < 1.29 is 5.11 Å². The number of nitrogens with one attached hydrogen (secondary N) is 2. The molecule has 1 aliphatic carbocycles. The highest BCUT2D eigenvalue weighted by atomic mass is 127. The van der Waals surface area contributed by atoms with E-state index in [0.29, 0.717) is 5.92 Å². The lowest BCUT2D eigenvalue weighted by atomic mass is 10.1. The van der Waals surface area contributed by atoms with Crippen LogP contribution in [0.1, 0.15) is 30.0 Å². The Kier molecular flexibility index (Phi) is 8.50. The summed E-state index contributed by atoms with van der Waals surface area (Å²) >= 11 is 1.68.